The molecule has 1 rings (SSSR count). The van der Waals surface area contributed by atoms with Gasteiger partial charge >= 0.3 is 5.97 Å². The summed E-state index contributed by atoms with van der Waals surface area (Å²) in [5.41, 5.74) is 1.17. The summed E-state index contributed by atoms with van der Waals surface area (Å²) < 4.78 is 5.12. The molecule has 112 valence electrons. The Hall–Kier alpha value is -1.55. The number of nitrogens with one attached hydrogen (secondary N) is 1. The van der Waals surface area contributed by atoms with Crippen molar-refractivity contribution in [1.29, 1.82) is 0 Å². The van der Waals surface area contributed by atoms with Crippen molar-refractivity contribution in [3.05, 3.63) is 29.8 Å². The van der Waals surface area contributed by atoms with E-state index in [1.807, 2.05) is 31.2 Å². The Kier molecular flexibility index (Phi) is 7.09. The lowest BCUT2D eigenvalue weighted by molar-refractivity contribution is -0.139. The summed E-state index contributed by atoms with van der Waals surface area (Å²) in [6, 6.07) is 7.55. The van der Waals surface area contributed by atoms with Crippen LogP contribution in [0.4, 0.5) is 0 Å². The molecule has 0 heterocycles. The molecule has 1 aromatic carbocycles. The predicted molar refractivity (Wildman–Crippen MR) is 80.2 cm³/mol. The number of ether oxygens (including phenoxy) is 1. The normalized spacial score (nSPS) is 13.8. The van der Waals surface area contributed by atoms with Crippen molar-refractivity contribution >= 4 is 5.97 Å². The molecular formula is C16H25NO3. The van der Waals surface area contributed by atoms with Crippen molar-refractivity contribution in [2.24, 2.45) is 0 Å². The van der Waals surface area contributed by atoms with Crippen molar-refractivity contribution in [2.75, 3.05) is 7.11 Å². The molecule has 0 aliphatic rings. The third-order valence-electron chi connectivity index (χ3n) is 3.33. The molecule has 0 aliphatic carbocycles. The first-order valence-corrected chi connectivity index (χ1v) is 7.18. The number of carboxylic acid groups (broad SMARTS) is 1. The fraction of sp³-hybridized carbons (Fsp3) is 0.562. The number of hydrogen-bond donors (Lipinski definition) is 2. The highest BCUT2D eigenvalue weighted by Crippen LogP contribution is 2.13. The molecule has 0 aliphatic heterocycles. The minimum absolute atomic E-state index is 0.126. The number of aliphatic carboxylic acids is 1. The van der Waals surface area contributed by atoms with Gasteiger partial charge in [-0.3, -0.25) is 4.79 Å². The van der Waals surface area contributed by atoms with Gasteiger partial charge in [-0.15, -0.1) is 0 Å². The zero-order chi connectivity index (χ0) is 15.0. The van der Waals surface area contributed by atoms with Crippen LogP contribution in [0.5, 0.6) is 5.75 Å². The summed E-state index contributed by atoms with van der Waals surface area (Å²) >= 11 is 0. The molecule has 0 saturated heterocycles. The summed E-state index contributed by atoms with van der Waals surface area (Å²) in [4.78, 5) is 11.2. The predicted octanol–water partition coefficient (Wildman–Crippen LogP) is 2.86. The van der Waals surface area contributed by atoms with Crippen LogP contribution < -0.4 is 10.1 Å². The molecule has 4 heteroatoms. The molecule has 0 aromatic heterocycles. The zero-order valence-electron chi connectivity index (χ0n) is 12.6. The number of benzene rings is 1. The number of unbranched alkanes of at least 4 members (excludes halogenated alkanes) is 1. The van der Waals surface area contributed by atoms with Crippen LogP contribution in [0, 0.1) is 0 Å². The summed E-state index contributed by atoms with van der Waals surface area (Å²) in [6.07, 6.45) is 3.43. The van der Waals surface area contributed by atoms with Gasteiger partial charge in [0.1, 0.15) is 11.8 Å². The largest absolute Gasteiger partial charge is 0.497 e. The van der Waals surface area contributed by atoms with Gasteiger partial charge in [0.05, 0.1) is 7.11 Å². The highest BCUT2D eigenvalue weighted by molar-refractivity contribution is 5.73. The SMILES string of the molecule is CCCCC(NC(C)Cc1ccc(OC)cc1)C(=O)O. The maximum atomic E-state index is 11.2. The molecule has 20 heavy (non-hydrogen) atoms. The van der Waals surface area contributed by atoms with E-state index in [2.05, 4.69) is 12.2 Å². The van der Waals surface area contributed by atoms with E-state index in [9.17, 15) is 9.90 Å². The molecule has 0 bridgehead atoms. The second kappa shape index (κ2) is 8.59. The number of rotatable bonds is 9. The quantitative estimate of drug-likeness (QED) is 0.730. The lowest BCUT2D eigenvalue weighted by Crippen LogP contribution is -2.42. The Morgan fingerprint density at radius 3 is 2.50 bits per heavy atom. The van der Waals surface area contributed by atoms with Gasteiger partial charge in [-0.2, -0.15) is 0 Å². The highest BCUT2D eigenvalue weighted by Gasteiger charge is 2.18. The Morgan fingerprint density at radius 2 is 2.00 bits per heavy atom. The second-order valence-electron chi connectivity index (χ2n) is 5.15. The van der Waals surface area contributed by atoms with Gasteiger partial charge in [0.25, 0.3) is 0 Å². The number of carboxylic acids is 1. The van der Waals surface area contributed by atoms with E-state index >= 15 is 0 Å². The maximum absolute atomic E-state index is 11.2. The van der Waals surface area contributed by atoms with Crippen LogP contribution >= 0.6 is 0 Å². The van der Waals surface area contributed by atoms with Gasteiger partial charge in [0.2, 0.25) is 0 Å². The van der Waals surface area contributed by atoms with Crippen LogP contribution in [0.3, 0.4) is 0 Å². The molecule has 0 spiro atoms. The first-order valence-electron chi connectivity index (χ1n) is 7.18. The van der Waals surface area contributed by atoms with Crippen LogP contribution in [0.25, 0.3) is 0 Å². The average Bonchev–Trinajstić information content (AvgIpc) is 2.44. The molecule has 0 fully saturated rings. The summed E-state index contributed by atoms with van der Waals surface area (Å²) in [7, 11) is 1.64. The fourth-order valence-corrected chi connectivity index (χ4v) is 2.20. The van der Waals surface area contributed by atoms with Crippen molar-refractivity contribution in [2.45, 2.75) is 51.6 Å². The standard InChI is InChI=1S/C16H25NO3/c1-4-5-6-15(16(18)19)17-12(2)11-13-7-9-14(20-3)10-8-13/h7-10,12,15,17H,4-6,11H2,1-3H3,(H,18,19). The Balaban J connectivity index is 2.51. The topological polar surface area (TPSA) is 58.6 Å². The van der Waals surface area contributed by atoms with Crippen LogP contribution in [0.1, 0.15) is 38.7 Å². The molecule has 0 amide bonds. The molecule has 4 nitrogen and oxygen atoms in total. The summed E-state index contributed by atoms with van der Waals surface area (Å²) in [6.45, 7) is 4.09. The number of hydrogen-bond acceptors (Lipinski definition) is 3. The fourth-order valence-electron chi connectivity index (χ4n) is 2.20. The first-order chi connectivity index (χ1) is 9.56. The molecule has 1 aromatic rings. The van der Waals surface area contributed by atoms with E-state index in [1.165, 1.54) is 5.56 Å². The molecule has 2 N–H and O–H groups in total. The Labute approximate surface area is 121 Å². The van der Waals surface area contributed by atoms with Gasteiger partial charge in [0, 0.05) is 6.04 Å². The maximum Gasteiger partial charge on any atom is 0.320 e. The Morgan fingerprint density at radius 1 is 1.35 bits per heavy atom. The molecule has 2 unspecified atom stereocenters. The molecule has 0 saturated carbocycles. The third-order valence-corrected chi connectivity index (χ3v) is 3.33. The number of methoxy groups -OCH3 is 1. The molecule has 0 radical (unpaired) electrons. The van der Waals surface area contributed by atoms with Crippen molar-refractivity contribution < 1.29 is 14.6 Å². The molecule has 2 atom stereocenters. The summed E-state index contributed by atoms with van der Waals surface area (Å²) in [5.74, 6) is 0.0701. The minimum Gasteiger partial charge on any atom is -0.497 e. The van der Waals surface area contributed by atoms with Crippen molar-refractivity contribution in [3.8, 4) is 5.75 Å². The monoisotopic (exact) mass is 279 g/mol. The zero-order valence-corrected chi connectivity index (χ0v) is 12.6. The van der Waals surface area contributed by atoms with Gasteiger partial charge in [-0.1, -0.05) is 31.9 Å². The van der Waals surface area contributed by atoms with Crippen LogP contribution in [0.15, 0.2) is 24.3 Å². The van der Waals surface area contributed by atoms with E-state index in [4.69, 9.17) is 4.74 Å². The van der Waals surface area contributed by atoms with Gasteiger partial charge in [-0.05, 0) is 37.5 Å². The van der Waals surface area contributed by atoms with E-state index in [0.29, 0.717) is 6.42 Å². The van der Waals surface area contributed by atoms with Gasteiger partial charge in [0.15, 0.2) is 0 Å². The smallest absolute Gasteiger partial charge is 0.320 e. The van der Waals surface area contributed by atoms with Crippen LogP contribution in [-0.4, -0.2) is 30.3 Å². The highest BCUT2D eigenvalue weighted by atomic mass is 16.5. The van der Waals surface area contributed by atoms with E-state index in [-0.39, 0.29) is 6.04 Å². The third kappa shape index (κ3) is 5.61. The second-order valence-corrected chi connectivity index (χ2v) is 5.15. The molecular weight excluding hydrogens is 254 g/mol. The van der Waals surface area contributed by atoms with Gasteiger partial charge in [-0.25, -0.2) is 0 Å². The van der Waals surface area contributed by atoms with Gasteiger partial charge < -0.3 is 15.2 Å². The van der Waals surface area contributed by atoms with E-state index < -0.39 is 12.0 Å². The van der Waals surface area contributed by atoms with Crippen molar-refractivity contribution in [1.82, 2.24) is 5.32 Å². The summed E-state index contributed by atoms with van der Waals surface area (Å²) in [5, 5.41) is 12.4. The van der Waals surface area contributed by atoms with E-state index in [1.54, 1.807) is 7.11 Å². The minimum atomic E-state index is -0.764. The lowest BCUT2D eigenvalue weighted by atomic mass is 10.0. The van der Waals surface area contributed by atoms with Crippen LogP contribution in [-0.2, 0) is 11.2 Å². The lowest BCUT2D eigenvalue weighted by Gasteiger charge is -2.20. The Bertz CT molecular complexity index is 403. The van der Waals surface area contributed by atoms with Crippen molar-refractivity contribution in [3.63, 3.8) is 0 Å². The first kappa shape index (κ1) is 16.5. The average molecular weight is 279 g/mol. The van der Waals surface area contributed by atoms with Crippen LogP contribution in [0.2, 0.25) is 0 Å². The number of carbonyl (C=O) groups is 1. The van der Waals surface area contributed by atoms with E-state index in [0.717, 1.165) is 25.0 Å².